The number of benzene rings is 2. The van der Waals surface area contributed by atoms with E-state index in [9.17, 15) is 9.18 Å². The molecule has 0 atom stereocenters. The Morgan fingerprint density at radius 3 is 2.32 bits per heavy atom. The van der Waals surface area contributed by atoms with E-state index >= 15 is 0 Å². The van der Waals surface area contributed by atoms with Gasteiger partial charge in [-0.05, 0) is 48.5 Å². The molecule has 1 saturated heterocycles. The maximum atomic E-state index is 12.9. The van der Waals surface area contributed by atoms with Crippen LogP contribution in [-0.2, 0) is 4.79 Å². The number of carbonyl (C=O) groups is 1. The molecule has 3 N–H and O–H groups in total. The molecular formula is C21H27ClFN3O2+2. The van der Waals surface area contributed by atoms with Crippen LogP contribution in [0.2, 0.25) is 5.02 Å². The van der Waals surface area contributed by atoms with Crippen LogP contribution in [0.1, 0.15) is 6.42 Å². The topological polar surface area (TPSA) is 47.2 Å². The maximum Gasteiger partial charge on any atom is 0.279 e. The minimum atomic E-state index is -0.304. The predicted octanol–water partition coefficient (Wildman–Crippen LogP) is 0.670. The standard InChI is InChI=1S/C21H25ClFN3O2/c22-17-2-8-20(9-3-17)28-15-1-10-25-11-13-26(14-12-25)16-21(27)24-19-6-4-18(23)5-7-19/h2-9H,1,10-16H2,(H,24,27)/p+2. The number of ether oxygens (including phenoxy) is 1. The summed E-state index contributed by atoms with van der Waals surface area (Å²) in [5, 5.41) is 3.54. The SMILES string of the molecule is O=C(C[NH+]1CC[NH+](CCCOc2ccc(Cl)cc2)CC1)Nc1ccc(F)cc1. The predicted molar refractivity (Wildman–Crippen MR) is 108 cm³/mol. The first-order valence-corrected chi connectivity index (χ1v) is 10.1. The van der Waals surface area contributed by atoms with E-state index in [2.05, 4.69) is 5.32 Å². The molecule has 5 nitrogen and oxygen atoms in total. The first kappa shape index (κ1) is 20.6. The summed E-state index contributed by atoms with van der Waals surface area (Å²) in [6.45, 7) is 6.28. The van der Waals surface area contributed by atoms with E-state index in [1.807, 2.05) is 24.3 Å². The Morgan fingerprint density at radius 1 is 1.00 bits per heavy atom. The van der Waals surface area contributed by atoms with Crippen LogP contribution in [0.5, 0.6) is 5.75 Å². The van der Waals surface area contributed by atoms with Crippen molar-refractivity contribution < 1.29 is 23.7 Å². The molecule has 1 aliphatic heterocycles. The van der Waals surface area contributed by atoms with Gasteiger partial charge in [0.1, 0.15) is 37.7 Å². The average molecular weight is 408 g/mol. The van der Waals surface area contributed by atoms with Crippen LogP contribution >= 0.6 is 11.6 Å². The molecular weight excluding hydrogens is 381 g/mol. The van der Waals surface area contributed by atoms with Gasteiger partial charge in [0.2, 0.25) is 0 Å². The van der Waals surface area contributed by atoms with Crippen molar-refractivity contribution in [2.45, 2.75) is 6.42 Å². The average Bonchev–Trinajstić information content (AvgIpc) is 2.70. The second-order valence-electron chi connectivity index (χ2n) is 7.14. The van der Waals surface area contributed by atoms with Gasteiger partial charge in [-0.3, -0.25) is 4.79 Å². The zero-order valence-electron chi connectivity index (χ0n) is 15.8. The third-order valence-corrected chi connectivity index (χ3v) is 5.21. The van der Waals surface area contributed by atoms with E-state index in [0.717, 1.165) is 44.9 Å². The van der Waals surface area contributed by atoms with Crippen LogP contribution in [0.4, 0.5) is 10.1 Å². The lowest BCUT2D eigenvalue weighted by Crippen LogP contribution is -3.28. The molecule has 2 aromatic rings. The van der Waals surface area contributed by atoms with E-state index in [1.165, 1.54) is 17.0 Å². The molecule has 0 radical (unpaired) electrons. The van der Waals surface area contributed by atoms with E-state index in [0.29, 0.717) is 23.9 Å². The van der Waals surface area contributed by atoms with E-state index < -0.39 is 0 Å². The summed E-state index contributed by atoms with van der Waals surface area (Å²) in [4.78, 5) is 15.0. The van der Waals surface area contributed by atoms with Crippen molar-refractivity contribution in [1.82, 2.24) is 0 Å². The lowest BCUT2D eigenvalue weighted by molar-refractivity contribution is -1.01. The molecule has 1 aliphatic rings. The van der Waals surface area contributed by atoms with Crippen LogP contribution in [0.25, 0.3) is 0 Å². The first-order valence-electron chi connectivity index (χ1n) is 9.69. The Bertz CT molecular complexity index is 747. The summed E-state index contributed by atoms with van der Waals surface area (Å²) in [6, 6.07) is 13.3. The summed E-state index contributed by atoms with van der Waals surface area (Å²) in [7, 11) is 0. The second kappa shape index (κ2) is 10.4. The van der Waals surface area contributed by atoms with Gasteiger partial charge in [0.15, 0.2) is 6.54 Å². The Balaban J connectivity index is 1.29. The highest BCUT2D eigenvalue weighted by molar-refractivity contribution is 6.30. The van der Waals surface area contributed by atoms with Crippen LogP contribution in [0.15, 0.2) is 48.5 Å². The minimum Gasteiger partial charge on any atom is -0.493 e. The molecule has 1 amide bonds. The molecule has 2 aromatic carbocycles. The quantitative estimate of drug-likeness (QED) is 0.563. The molecule has 1 heterocycles. The van der Waals surface area contributed by atoms with E-state index in [4.69, 9.17) is 16.3 Å². The van der Waals surface area contributed by atoms with Crippen molar-refractivity contribution in [2.24, 2.45) is 0 Å². The summed E-state index contributed by atoms with van der Waals surface area (Å²) in [5.74, 6) is 0.517. The molecule has 0 aliphatic carbocycles. The van der Waals surface area contributed by atoms with Gasteiger partial charge in [0.05, 0.1) is 13.2 Å². The van der Waals surface area contributed by atoms with Crippen molar-refractivity contribution in [3.05, 3.63) is 59.4 Å². The van der Waals surface area contributed by atoms with Gasteiger partial charge in [-0.15, -0.1) is 0 Å². The Hall–Kier alpha value is -2.15. The van der Waals surface area contributed by atoms with Crippen LogP contribution < -0.4 is 19.9 Å². The van der Waals surface area contributed by atoms with Gasteiger partial charge in [0.25, 0.3) is 5.91 Å². The summed E-state index contributed by atoms with van der Waals surface area (Å²) in [5.41, 5.74) is 0.635. The number of quaternary nitrogens is 2. The molecule has 7 heteroatoms. The number of nitrogens with one attached hydrogen (secondary N) is 3. The Morgan fingerprint density at radius 2 is 1.64 bits per heavy atom. The van der Waals surface area contributed by atoms with Gasteiger partial charge in [-0.25, -0.2) is 4.39 Å². The minimum absolute atomic E-state index is 0.0265. The maximum absolute atomic E-state index is 12.9. The second-order valence-corrected chi connectivity index (χ2v) is 7.57. The summed E-state index contributed by atoms with van der Waals surface area (Å²) < 4.78 is 18.6. The van der Waals surface area contributed by atoms with Crippen molar-refractivity contribution >= 4 is 23.2 Å². The molecule has 1 fully saturated rings. The zero-order valence-corrected chi connectivity index (χ0v) is 16.6. The largest absolute Gasteiger partial charge is 0.493 e. The Labute approximate surface area is 170 Å². The summed E-state index contributed by atoms with van der Waals surface area (Å²) in [6.07, 6.45) is 0.998. The van der Waals surface area contributed by atoms with Gasteiger partial charge < -0.3 is 19.9 Å². The third-order valence-electron chi connectivity index (χ3n) is 4.96. The lowest BCUT2D eigenvalue weighted by Gasteiger charge is -2.29. The number of hydrogen-bond donors (Lipinski definition) is 3. The number of halogens is 2. The molecule has 0 spiro atoms. The van der Waals surface area contributed by atoms with E-state index in [-0.39, 0.29) is 11.7 Å². The fourth-order valence-electron chi connectivity index (χ4n) is 3.39. The molecule has 28 heavy (non-hydrogen) atoms. The molecule has 0 bridgehead atoms. The lowest BCUT2D eigenvalue weighted by atomic mass is 10.2. The normalized spacial score (nSPS) is 19.2. The van der Waals surface area contributed by atoms with Crippen molar-refractivity contribution in [3.63, 3.8) is 0 Å². The smallest absolute Gasteiger partial charge is 0.279 e. The molecule has 0 saturated carbocycles. The van der Waals surface area contributed by atoms with Crippen molar-refractivity contribution in [1.29, 1.82) is 0 Å². The highest BCUT2D eigenvalue weighted by Gasteiger charge is 2.24. The van der Waals surface area contributed by atoms with Crippen LogP contribution in [0, 0.1) is 5.82 Å². The number of carbonyl (C=O) groups excluding carboxylic acids is 1. The highest BCUT2D eigenvalue weighted by Crippen LogP contribution is 2.15. The number of piperazine rings is 1. The molecule has 3 rings (SSSR count). The molecule has 150 valence electrons. The van der Waals surface area contributed by atoms with Gasteiger partial charge in [-0.1, -0.05) is 11.6 Å². The van der Waals surface area contributed by atoms with E-state index in [1.54, 1.807) is 17.0 Å². The number of anilines is 1. The highest BCUT2D eigenvalue weighted by atomic mass is 35.5. The zero-order chi connectivity index (χ0) is 19.8. The first-order chi connectivity index (χ1) is 13.6. The Kier molecular flexibility index (Phi) is 7.65. The van der Waals surface area contributed by atoms with Gasteiger partial charge in [0, 0.05) is 17.1 Å². The van der Waals surface area contributed by atoms with Gasteiger partial charge >= 0.3 is 0 Å². The third kappa shape index (κ3) is 6.78. The fraction of sp³-hybridized carbons (Fsp3) is 0.381. The molecule has 0 unspecified atom stereocenters. The number of rotatable bonds is 8. The van der Waals surface area contributed by atoms with Gasteiger partial charge in [-0.2, -0.15) is 0 Å². The van der Waals surface area contributed by atoms with Crippen molar-refractivity contribution in [3.8, 4) is 5.75 Å². The summed E-state index contributed by atoms with van der Waals surface area (Å²) >= 11 is 5.86. The number of amides is 1. The van der Waals surface area contributed by atoms with Crippen molar-refractivity contribution in [2.75, 3.05) is 51.2 Å². The van der Waals surface area contributed by atoms with Crippen LogP contribution in [-0.4, -0.2) is 51.8 Å². The molecule has 0 aromatic heterocycles. The van der Waals surface area contributed by atoms with Crippen LogP contribution in [0.3, 0.4) is 0 Å². The fourth-order valence-corrected chi connectivity index (χ4v) is 3.52. The monoisotopic (exact) mass is 407 g/mol. The number of hydrogen-bond acceptors (Lipinski definition) is 2.